The van der Waals surface area contributed by atoms with Gasteiger partial charge >= 0.3 is 0 Å². The molecule has 0 radical (unpaired) electrons. The molecule has 0 aromatic heterocycles. The summed E-state index contributed by atoms with van der Waals surface area (Å²) in [5, 5.41) is 0. The van der Waals surface area contributed by atoms with E-state index < -0.39 is 20.9 Å². The van der Waals surface area contributed by atoms with Crippen LogP contribution in [0.5, 0.6) is 5.75 Å². The normalized spacial score (nSPS) is 17.3. The van der Waals surface area contributed by atoms with Crippen LogP contribution >= 0.6 is 0 Å². The predicted octanol–water partition coefficient (Wildman–Crippen LogP) is 1.79. The molecule has 26 heavy (non-hydrogen) atoms. The fraction of sp³-hybridized carbons (Fsp3) is 0.588. The lowest BCUT2D eigenvalue weighted by molar-refractivity contribution is 0.0612. The van der Waals surface area contributed by atoms with E-state index in [0.29, 0.717) is 31.7 Å². The molecule has 0 spiro atoms. The third-order valence-corrected chi connectivity index (χ3v) is 5.63. The second kappa shape index (κ2) is 8.49. The Bertz CT molecular complexity index is 782. The molecule has 1 saturated heterocycles. The third kappa shape index (κ3) is 5.52. The molecule has 0 N–H and O–H groups in total. The summed E-state index contributed by atoms with van der Waals surface area (Å²) >= 11 is -1.33. The molecule has 1 atom stereocenters. The van der Waals surface area contributed by atoms with Crippen molar-refractivity contribution in [1.82, 2.24) is 4.90 Å². The third-order valence-electron chi connectivity index (χ3n) is 3.97. The molecule has 146 valence electrons. The Balaban J connectivity index is 2.25. The lowest BCUT2D eigenvalue weighted by Crippen LogP contribution is -2.41. The highest BCUT2D eigenvalue weighted by molar-refractivity contribution is 7.90. The highest BCUT2D eigenvalue weighted by Crippen LogP contribution is 2.27. The highest BCUT2D eigenvalue weighted by atomic mass is 32.2. The molecular formula is C17H25NO6S2. The highest BCUT2D eigenvalue weighted by Gasteiger charge is 2.27. The number of nitrogens with zero attached hydrogens (tertiary/aromatic N) is 1. The zero-order valence-corrected chi connectivity index (χ0v) is 17.1. The lowest BCUT2D eigenvalue weighted by atomic mass is 10.1. The van der Waals surface area contributed by atoms with Crippen molar-refractivity contribution in [3.63, 3.8) is 0 Å². The number of benzene rings is 1. The second-order valence-electron chi connectivity index (χ2n) is 6.59. The largest absolute Gasteiger partial charge is 0.490 e. The number of hydrogen-bond acceptors (Lipinski definition) is 6. The minimum Gasteiger partial charge on any atom is -0.490 e. The number of piperidine rings is 1. The molecule has 1 fully saturated rings. The van der Waals surface area contributed by atoms with E-state index in [2.05, 4.69) is 0 Å². The average molecular weight is 404 g/mol. The maximum absolute atomic E-state index is 13.0. The SMILES string of the molecule is CC(C)Oc1ccc(S(C)(=O)=O)cc1C(=O)N1CCC(OS(C)=O)CC1. The molecule has 7 nitrogen and oxygen atoms in total. The number of carbonyl (C=O) groups is 1. The standard InChI is InChI=1S/C17H25NO6S2/c1-12(2)23-16-6-5-14(26(4,21)22)11-15(16)17(19)18-9-7-13(8-10-18)24-25(3)20/h5-6,11-13H,7-10H2,1-4H3. The van der Waals surface area contributed by atoms with Gasteiger partial charge in [-0.2, -0.15) is 0 Å². The van der Waals surface area contributed by atoms with Gasteiger partial charge in [0.1, 0.15) is 5.75 Å². The van der Waals surface area contributed by atoms with Crippen LogP contribution in [-0.4, -0.2) is 61.2 Å². The molecule has 0 saturated carbocycles. The van der Waals surface area contributed by atoms with Gasteiger partial charge in [-0.05, 0) is 44.9 Å². The van der Waals surface area contributed by atoms with Crippen LogP contribution in [0.25, 0.3) is 0 Å². The first kappa shape index (κ1) is 20.9. The van der Waals surface area contributed by atoms with Crippen molar-refractivity contribution in [2.45, 2.75) is 43.8 Å². The Morgan fingerprint density at radius 3 is 2.38 bits per heavy atom. The van der Waals surface area contributed by atoms with E-state index in [0.717, 1.165) is 6.26 Å². The fourth-order valence-electron chi connectivity index (χ4n) is 2.78. The number of amides is 1. The van der Waals surface area contributed by atoms with Gasteiger partial charge < -0.3 is 9.64 Å². The Morgan fingerprint density at radius 2 is 1.88 bits per heavy atom. The van der Waals surface area contributed by atoms with E-state index in [-0.39, 0.29) is 28.6 Å². The lowest BCUT2D eigenvalue weighted by Gasteiger charge is -2.31. The topological polar surface area (TPSA) is 90.0 Å². The fourth-order valence-corrected chi connectivity index (χ4v) is 4.00. The Morgan fingerprint density at radius 1 is 1.27 bits per heavy atom. The first-order chi connectivity index (χ1) is 12.1. The summed E-state index contributed by atoms with van der Waals surface area (Å²) in [5.74, 6) is 0.0904. The summed E-state index contributed by atoms with van der Waals surface area (Å²) in [4.78, 5) is 14.7. The molecule has 1 aliphatic rings. The molecule has 1 amide bonds. The van der Waals surface area contributed by atoms with Gasteiger partial charge in [-0.3, -0.25) is 8.98 Å². The monoisotopic (exact) mass is 403 g/mol. The summed E-state index contributed by atoms with van der Waals surface area (Å²) in [6, 6.07) is 4.35. The zero-order valence-electron chi connectivity index (χ0n) is 15.4. The first-order valence-electron chi connectivity index (χ1n) is 8.38. The van der Waals surface area contributed by atoms with E-state index in [1.54, 1.807) is 4.90 Å². The van der Waals surface area contributed by atoms with E-state index in [1.165, 1.54) is 24.5 Å². The molecular weight excluding hydrogens is 378 g/mol. The molecule has 2 rings (SSSR count). The van der Waals surface area contributed by atoms with Gasteiger partial charge in [-0.25, -0.2) is 12.6 Å². The molecule has 1 heterocycles. The Labute approximate surface area is 157 Å². The number of rotatable bonds is 6. The van der Waals surface area contributed by atoms with E-state index in [9.17, 15) is 17.4 Å². The maximum Gasteiger partial charge on any atom is 0.257 e. The number of sulfone groups is 1. The molecule has 0 bridgehead atoms. The second-order valence-corrected chi connectivity index (χ2v) is 9.60. The van der Waals surface area contributed by atoms with Gasteiger partial charge in [0, 0.05) is 25.6 Å². The molecule has 0 aliphatic carbocycles. The zero-order chi connectivity index (χ0) is 19.5. The van der Waals surface area contributed by atoms with Crippen LogP contribution in [0.15, 0.2) is 23.1 Å². The first-order valence-corrected chi connectivity index (χ1v) is 11.8. The minimum absolute atomic E-state index is 0.0801. The van der Waals surface area contributed by atoms with Crippen LogP contribution in [0.1, 0.15) is 37.0 Å². The van der Waals surface area contributed by atoms with Crippen molar-refractivity contribution in [3.8, 4) is 5.75 Å². The van der Waals surface area contributed by atoms with Crippen LogP contribution in [0, 0.1) is 0 Å². The van der Waals surface area contributed by atoms with Crippen LogP contribution in [0.2, 0.25) is 0 Å². The van der Waals surface area contributed by atoms with Crippen molar-refractivity contribution >= 4 is 26.8 Å². The molecule has 1 aromatic carbocycles. The van der Waals surface area contributed by atoms with Gasteiger partial charge in [0.25, 0.3) is 5.91 Å². The summed E-state index contributed by atoms with van der Waals surface area (Å²) in [6.07, 6.45) is 3.45. The van der Waals surface area contributed by atoms with Crippen LogP contribution < -0.4 is 4.74 Å². The van der Waals surface area contributed by atoms with Crippen LogP contribution in [0.3, 0.4) is 0 Å². The van der Waals surface area contributed by atoms with Gasteiger partial charge in [0.15, 0.2) is 20.9 Å². The summed E-state index contributed by atoms with van der Waals surface area (Å²) in [5.41, 5.74) is 0.236. The van der Waals surface area contributed by atoms with Crippen LogP contribution in [0.4, 0.5) is 0 Å². The Hall–Kier alpha value is -1.45. The summed E-state index contributed by atoms with van der Waals surface area (Å²) in [6.45, 7) is 4.58. The van der Waals surface area contributed by atoms with Gasteiger partial charge in [0.05, 0.1) is 22.7 Å². The van der Waals surface area contributed by atoms with Crippen molar-refractivity contribution in [3.05, 3.63) is 23.8 Å². The van der Waals surface area contributed by atoms with Gasteiger partial charge in [0.2, 0.25) is 0 Å². The summed E-state index contributed by atoms with van der Waals surface area (Å²) in [7, 11) is -3.44. The van der Waals surface area contributed by atoms with Crippen molar-refractivity contribution in [2.24, 2.45) is 0 Å². The molecule has 1 unspecified atom stereocenters. The van der Waals surface area contributed by atoms with Crippen molar-refractivity contribution in [2.75, 3.05) is 25.6 Å². The average Bonchev–Trinajstić information content (AvgIpc) is 2.53. The predicted molar refractivity (Wildman–Crippen MR) is 99.4 cm³/mol. The number of hydrogen-bond donors (Lipinski definition) is 0. The van der Waals surface area contributed by atoms with Crippen LogP contribution in [-0.2, 0) is 25.1 Å². The Kier molecular flexibility index (Phi) is 6.81. The van der Waals surface area contributed by atoms with Gasteiger partial charge in [-0.15, -0.1) is 0 Å². The number of carbonyl (C=O) groups excluding carboxylic acids is 1. The van der Waals surface area contributed by atoms with Gasteiger partial charge in [-0.1, -0.05) is 0 Å². The quantitative estimate of drug-likeness (QED) is 0.719. The smallest absolute Gasteiger partial charge is 0.257 e. The van der Waals surface area contributed by atoms with Crippen molar-refractivity contribution in [1.29, 1.82) is 0 Å². The van der Waals surface area contributed by atoms with E-state index >= 15 is 0 Å². The van der Waals surface area contributed by atoms with Crippen molar-refractivity contribution < 1.29 is 26.3 Å². The maximum atomic E-state index is 13.0. The summed E-state index contributed by atoms with van der Waals surface area (Å²) < 4.78 is 45.9. The van der Waals surface area contributed by atoms with E-state index in [4.69, 9.17) is 8.92 Å². The molecule has 9 heteroatoms. The molecule has 1 aliphatic heterocycles. The van der Waals surface area contributed by atoms with E-state index in [1.807, 2.05) is 13.8 Å². The number of likely N-dealkylation sites (tertiary alicyclic amines) is 1. The number of ether oxygens (including phenoxy) is 1. The minimum atomic E-state index is -3.44. The molecule has 1 aromatic rings.